The summed E-state index contributed by atoms with van der Waals surface area (Å²) in [5.41, 5.74) is 1.77. The van der Waals surface area contributed by atoms with Gasteiger partial charge in [-0.2, -0.15) is 0 Å². The number of aliphatic hydroxyl groups is 1. The lowest BCUT2D eigenvalue weighted by Gasteiger charge is -2.39. The number of para-hydroxylation sites is 2. The second-order valence-corrected chi connectivity index (χ2v) is 8.55. The monoisotopic (exact) mass is 458 g/mol. The Bertz CT molecular complexity index is 1330. The van der Waals surface area contributed by atoms with Crippen LogP contribution in [0.25, 0.3) is 11.0 Å². The molecule has 1 aromatic heterocycles. The molecule has 4 aromatic rings. The van der Waals surface area contributed by atoms with Crippen LogP contribution in [0.5, 0.6) is 17.2 Å². The van der Waals surface area contributed by atoms with Gasteiger partial charge in [-0.15, -0.1) is 0 Å². The van der Waals surface area contributed by atoms with E-state index in [1.54, 1.807) is 55.5 Å². The summed E-state index contributed by atoms with van der Waals surface area (Å²) >= 11 is 0. The van der Waals surface area contributed by atoms with E-state index < -0.39 is 17.6 Å². The molecular weight excluding hydrogens is 432 g/mol. The lowest BCUT2D eigenvalue weighted by atomic mass is 9.83. The molecule has 8 heteroatoms. The third kappa shape index (κ3) is 3.26. The van der Waals surface area contributed by atoms with E-state index in [4.69, 9.17) is 9.47 Å². The number of phenols is 1. The SMILES string of the molecule is COc1cc(OC)cc(N2C(=N)C(c3nc4ccccc4[nH]3)C(O)C2(C)c2cccc(O)c2)c1. The number of methoxy groups -OCH3 is 2. The van der Waals surface area contributed by atoms with Crippen molar-refractivity contribution in [1.29, 1.82) is 5.41 Å². The third-order valence-corrected chi connectivity index (χ3v) is 6.62. The van der Waals surface area contributed by atoms with Crippen molar-refractivity contribution < 1.29 is 19.7 Å². The number of benzene rings is 3. The van der Waals surface area contributed by atoms with Crippen LogP contribution in [-0.4, -0.2) is 46.3 Å². The van der Waals surface area contributed by atoms with Crippen molar-refractivity contribution in [1.82, 2.24) is 9.97 Å². The predicted molar refractivity (Wildman–Crippen MR) is 130 cm³/mol. The zero-order valence-corrected chi connectivity index (χ0v) is 19.1. The standard InChI is InChI=1S/C26H26N4O4/c1-26(15-7-6-8-17(31)11-15)23(32)22(25-28-20-9-4-5-10-21(20)29-25)24(27)30(26)16-12-18(33-2)14-19(13-16)34-3/h4-14,22-23,27,31-32H,1-3H3,(H,28,29). The summed E-state index contributed by atoms with van der Waals surface area (Å²) in [5.74, 6) is 1.11. The summed E-state index contributed by atoms with van der Waals surface area (Å²) in [4.78, 5) is 9.72. The molecule has 0 spiro atoms. The van der Waals surface area contributed by atoms with E-state index in [-0.39, 0.29) is 11.6 Å². The van der Waals surface area contributed by atoms with Gasteiger partial charge < -0.3 is 29.6 Å². The van der Waals surface area contributed by atoms with E-state index >= 15 is 0 Å². The van der Waals surface area contributed by atoms with Crippen LogP contribution in [-0.2, 0) is 5.54 Å². The van der Waals surface area contributed by atoms with Gasteiger partial charge >= 0.3 is 0 Å². The number of nitrogens with one attached hydrogen (secondary N) is 2. The number of amidine groups is 1. The molecule has 5 rings (SSSR count). The predicted octanol–water partition coefficient (Wildman–Crippen LogP) is 4.14. The van der Waals surface area contributed by atoms with E-state index in [1.807, 2.05) is 37.3 Å². The number of aromatic amines is 1. The van der Waals surface area contributed by atoms with Gasteiger partial charge in [-0.05, 0) is 36.8 Å². The van der Waals surface area contributed by atoms with Gasteiger partial charge in [-0.25, -0.2) is 4.98 Å². The first-order valence-electron chi connectivity index (χ1n) is 10.9. The maximum absolute atomic E-state index is 11.8. The molecule has 0 amide bonds. The highest BCUT2D eigenvalue weighted by Crippen LogP contribution is 2.50. The first-order chi connectivity index (χ1) is 16.4. The van der Waals surface area contributed by atoms with Crippen LogP contribution in [0.4, 0.5) is 5.69 Å². The second kappa shape index (κ2) is 8.07. The minimum absolute atomic E-state index is 0.0767. The minimum Gasteiger partial charge on any atom is -0.508 e. The third-order valence-electron chi connectivity index (χ3n) is 6.62. The molecule has 34 heavy (non-hydrogen) atoms. The van der Waals surface area contributed by atoms with Crippen molar-refractivity contribution >= 4 is 22.6 Å². The summed E-state index contributed by atoms with van der Waals surface area (Å²) in [6.07, 6.45) is -1.06. The van der Waals surface area contributed by atoms with E-state index in [0.717, 1.165) is 11.0 Å². The van der Waals surface area contributed by atoms with Gasteiger partial charge in [-0.1, -0.05) is 24.3 Å². The average Bonchev–Trinajstić information content (AvgIpc) is 3.35. The number of H-pyrrole nitrogens is 1. The van der Waals surface area contributed by atoms with E-state index in [0.29, 0.717) is 28.6 Å². The summed E-state index contributed by atoms with van der Waals surface area (Å²) < 4.78 is 10.9. The van der Waals surface area contributed by atoms with Crippen LogP contribution in [0.1, 0.15) is 24.2 Å². The Kier molecular flexibility index (Phi) is 5.17. The van der Waals surface area contributed by atoms with Gasteiger partial charge in [0.2, 0.25) is 0 Å². The van der Waals surface area contributed by atoms with Crippen molar-refractivity contribution in [3.05, 3.63) is 78.1 Å². The summed E-state index contributed by atoms with van der Waals surface area (Å²) in [5, 5.41) is 31.2. The molecule has 3 aromatic carbocycles. The van der Waals surface area contributed by atoms with Gasteiger partial charge in [0.25, 0.3) is 0 Å². The molecule has 2 heterocycles. The molecule has 4 N–H and O–H groups in total. The Morgan fingerprint density at radius 3 is 2.35 bits per heavy atom. The molecule has 1 saturated heterocycles. The second-order valence-electron chi connectivity index (χ2n) is 8.55. The highest BCUT2D eigenvalue weighted by Gasteiger charge is 2.56. The number of hydrogen-bond acceptors (Lipinski definition) is 6. The van der Waals surface area contributed by atoms with E-state index in [1.165, 1.54) is 0 Å². The van der Waals surface area contributed by atoms with Crippen LogP contribution >= 0.6 is 0 Å². The first-order valence-corrected chi connectivity index (χ1v) is 10.9. The average molecular weight is 459 g/mol. The fraction of sp³-hybridized carbons (Fsp3) is 0.231. The Balaban J connectivity index is 1.72. The number of aliphatic hydroxyl groups excluding tert-OH is 1. The molecule has 3 atom stereocenters. The normalized spacial score (nSPS) is 22.4. The number of aromatic hydroxyl groups is 1. The van der Waals surface area contributed by atoms with Crippen molar-refractivity contribution in [3.63, 3.8) is 0 Å². The number of phenolic OH excluding ortho intramolecular Hbond substituents is 1. The maximum atomic E-state index is 11.8. The maximum Gasteiger partial charge on any atom is 0.124 e. The molecule has 174 valence electrons. The van der Waals surface area contributed by atoms with Crippen LogP contribution in [0, 0.1) is 5.41 Å². The van der Waals surface area contributed by atoms with Crippen LogP contribution in [0.2, 0.25) is 0 Å². The number of anilines is 1. The minimum atomic E-state index is -1.10. The number of nitrogens with zero attached hydrogens (tertiary/aromatic N) is 2. The fourth-order valence-electron chi connectivity index (χ4n) is 4.84. The molecule has 3 unspecified atom stereocenters. The largest absolute Gasteiger partial charge is 0.508 e. The van der Waals surface area contributed by atoms with Crippen LogP contribution in [0.3, 0.4) is 0 Å². The lowest BCUT2D eigenvalue weighted by molar-refractivity contribution is 0.103. The molecule has 0 saturated carbocycles. The first kappa shape index (κ1) is 21.8. The molecule has 1 aliphatic heterocycles. The smallest absolute Gasteiger partial charge is 0.124 e. The number of ether oxygens (including phenoxy) is 2. The topological polar surface area (TPSA) is 115 Å². The van der Waals surface area contributed by atoms with Gasteiger partial charge in [0.1, 0.15) is 34.8 Å². The highest BCUT2D eigenvalue weighted by molar-refractivity contribution is 6.05. The Hall–Kier alpha value is -4.04. The van der Waals surface area contributed by atoms with Gasteiger partial charge in [0, 0.05) is 18.2 Å². The van der Waals surface area contributed by atoms with E-state index in [9.17, 15) is 15.6 Å². The van der Waals surface area contributed by atoms with Gasteiger partial charge in [-0.3, -0.25) is 5.41 Å². The number of hydrogen-bond donors (Lipinski definition) is 4. The summed E-state index contributed by atoms with van der Waals surface area (Å²) in [7, 11) is 3.13. The number of fused-ring (bicyclic) bond motifs is 1. The van der Waals surface area contributed by atoms with Crippen molar-refractivity contribution in [2.24, 2.45) is 0 Å². The van der Waals surface area contributed by atoms with E-state index in [2.05, 4.69) is 9.97 Å². The summed E-state index contributed by atoms with van der Waals surface area (Å²) in [6.45, 7) is 1.86. The zero-order chi connectivity index (χ0) is 24.0. The van der Waals surface area contributed by atoms with Crippen molar-refractivity contribution in [2.75, 3.05) is 19.1 Å². The lowest BCUT2D eigenvalue weighted by Crippen LogP contribution is -2.46. The Morgan fingerprint density at radius 1 is 1.00 bits per heavy atom. The Morgan fingerprint density at radius 2 is 1.71 bits per heavy atom. The molecule has 0 aliphatic carbocycles. The Labute approximate surface area is 196 Å². The van der Waals surface area contributed by atoms with Gasteiger partial charge in [0.05, 0.1) is 42.6 Å². The molecular formula is C26H26N4O4. The zero-order valence-electron chi connectivity index (χ0n) is 19.1. The van der Waals surface area contributed by atoms with Crippen molar-refractivity contribution in [2.45, 2.75) is 24.5 Å². The molecule has 0 radical (unpaired) electrons. The number of rotatable bonds is 5. The molecule has 8 nitrogen and oxygen atoms in total. The highest BCUT2D eigenvalue weighted by atomic mass is 16.5. The molecule has 0 bridgehead atoms. The van der Waals surface area contributed by atoms with Crippen LogP contribution in [0.15, 0.2) is 66.7 Å². The number of aromatic nitrogens is 2. The summed E-state index contributed by atoms with van der Waals surface area (Å²) in [6, 6.07) is 19.7. The molecule has 1 fully saturated rings. The van der Waals surface area contributed by atoms with Crippen molar-refractivity contribution in [3.8, 4) is 17.2 Å². The van der Waals surface area contributed by atoms with Crippen LogP contribution < -0.4 is 14.4 Å². The van der Waals surface area contributed by atoms with Gasteiger partial charge in [0.15, 0.2) is 0 Å². The molecule has 1 aliphatic rings. The fourth-order valence-corrected chi connectivity index (χ4v) is 4.84. The number of imidazole rings is 1. The quantitative estimate of drug-likeness (QED) is 0.357.